The standard InChI is InChI=1S/C14H11ClO2/c15-13-7-3-5-11(9-17)14(13)12-6-2-1-4-10(12)8-16/h1-8,17H,9H2. The maximum absolute atomic E-state index is 11.0. The van der Waals surface area contributed by atoms with E-state index >= 15 is 0 Å². The smallest absolute Gasteiger partial charge is 0.150 e. The first-order valence-electron chi connectivity index (χ1n) is 5.20. The third-order valence-corrected chi connectivity index (χ3v) is 2.94. The molecule has 1 N–H and O–H groups in total. The number of aliphatic hydroxyl groups is 1. The van der Waals surface area contributed by atoms with Crippen LogP contribution in [0, 0.1) is 0 Å². The molecule has 3 heteroatoms. The summed E-state index contributed by atoms with van der Waals surface area (Å²) in [5, 5.41) is 9.85. The van der Waals surface area contributed by atoms with Gasteiger partial charge in [0, 0.05) is 16.1 Å². The fourth-order valence-corrected chi connectivity index (χ4v) is 2.13. The Hall–Kier alpha value is -1.64. The molecule has 86 valence electrons. The van der Waals surface area contributed by atoms with Crippen molar-refractivity contribution < 1.29 is 9.90 Å². The van der Waals surface area contributed by atoms with Gasteiger partial charge in [0.25, 0.3) is 0 Å². The molecule has 0 atom stereocenters. The van der Waals surface area contributed by atoms with Gasteiger partial charge >= 0.3 is 0 Å². The van der Waals surface area contributed by atoms with E-state index in [-0.39, 0.29) is 6.61 Å². The summed E-state index contributed by atoms with van der Waals surface area (Å²) < 4.78 is 0. The van der Waals surface area contributed by atoms with Crippen LogP contribution < -0.4 is 0 Å². The number of carbonyl (C=O) groups is 1. The molecular weight excluding hydrogens is 236 g/mol. The van der Waals surface area contributed by atoms with Crippen molar-refractivity contribution in [3.05, 3.63) is 58.6 Å². The molecule has 0 saturated heterocycles. The van der Waals surface area contributed by atoms with Crippen LogP contribution in [0.3, 0.4) is 0 Å². The number of aliphatic hydroxyl groups excluding tert-OH is 1. The minimum atomic E-state index is -0.108. The first-order chi connectivity index (χ1) is 8.27. The van der Waals surface area contributed by atoms with Gasteiger partial charge in [0.05, 0.1) is 6.61 Å². The Morgan fingerprint density at radius 2 is 1.88 bits per heavy atom. The van der Waals surface area contributed by atoms with Crippen molar-refractivity contribution >= 4 is 17.9 Å². The number of halogens is 1. The molecule has 0 aliphatic carbocycles. The monoisotopic (exact) mass is 246 g/mol. The first kappa shape index (κ1) is 11.8. The predicted octanol–water partition coefficient (Wildman–Crippen LogP) is 3.31. The van der Waals surface area contributed by atoms with Gasteiger partial charge in [-0.15, -0.1) is 0 Å². The van der Waals surface area contributed by atoms with Gasteiger partial charge in [0.15, 0.2) is 6.29 Å². The second kappa shape index (κ2) is 5.13. The SMILES string of the molecule is O=Cc1ccccc1-c1c(Cl)cccc1CO. The van der Waals surface area contributed by atoms with Crippen molar-refractivity contribution in [2.24, 2.45) is 0 Å². The molecule has 0 radical (unpaired) electrons. The number of rotatable bonds is 3. The molecule has 0 unspecified atom stereocenters. The Bertz CT molecular complexity index is 550. The summed E-state index contributed by atoms with van der Waals surface area (Å²) in [6.07, 6.45) is 0.791. The van der Waals surface area contributed by atoms with E-state index in [1.165, 1.54) is 0 Å². The van der Waals surface area contributed by atoms with Crippen LogP contribution in [0.5, 0.6) is 0 Å². The summed E-state index contributed by atoms with van der Waals surface area (Å²) in [6, 6.07) is 12.5. The summed E-state index contributed by atoms with van der Waals surface area (Å²) >= 11 is 6.14. The van der Waals surface area contributed by atoms with E-state index in [1.54, 1.807) is 30.3 Å². The Morgan fingerprint density at radius 1 is 1.12 bits per heavy atom. The zero-order valence-corrected chi connectivity index (χ0v) is 9.82. The molecule has 0 spiro atoms. The molecule has 0 amide bonds. The Balaban J connectivity index is 2.71. The van der Waals surface area contributed by atoms with Gasteiger partial charge in [-0.3, -0.25) is 4.79 Å². The minimum Gasteiger partial charge on any atom is -0.392 e. The highest BCUT2D eigenvalue weighted by Gasteiger charge is 2.11. The molecule has 0 heterocycles. The van der Waals surface area contributed by atoms with Gasteiger partial charge in [0.1, 0.15) is 0 Å². The van der Waals surface area contributed by atoms with Crippen LogP contribution in [0.2, 0.25) is 5.02 Å². The van der Waals surface area contributed by atoms with E-state index in [2.05, 4.69) is 0 Å². The van der Waals surface area contributed by atoms with Crippen molar-refractivity contribution in [3.63, 3.8) is 0 Å². The predicted molar refractivity (Wildman–Crippen MR) is 68.2 cm³/mol. The minimum absolute atomic E-state index is 0.108. The Kier molecular flexibility index (Phi) is 3.57. The van der Waals surface area contributed by atoms with E-state index in [0.29, 0.717) is 16.1 Å². The van der Waals surface area contributed by atoms with E-state index in [1.807, 2.05) is 12.1 Å². The van der Waals surface area contributed by atoms with Gasteiger partial charge in [-0.05, 0) is 17.2 Å². The van der Waals surface area contributed by atoms with Crippen LogP contribution in [0.15, 0.2) is 42.5 Å². The lowest BCUT2D eigenvalue weighted by molar-refractivity contribution is 0.112. The molecule has 0 fully saturated rings. The third-order valence-electron chi connectivity index (χ3n) is 2.63. The second-order valence-corrected chi connectivity index (χ2v) is 4.04. The summed E-state index contributed by atoms with van der Waals surface area (Å²) in [6.45, 7) is -0.108. The number of hydrogen-bond donors (Lipinski definition) is 1. The van der Waals surface area contributed by atoms with Crippen molar-refractivity contribution in [2.75, 3.05) is 0 Å². The largest absolute Gasteiger partial charge is 0.392 e. The third kappa shape index (κ3) is 2.23. The molecule has 2 nitrogen and oxygen atoms in total. The highest BCUT2D eigenvalue weighted by Crippen LogP contribution is 2.33. The molecule has 0 aromatic heterocycles. The van der Waals surface area contributed by atoms with Crippen molar-refractivity contribution in [2.45, 2.75) is 6.61 Å². The highest BCUT2D eigenvalue weighted by atomic mass is 35.5. The van der Waals surface area contributed by atoms with Crippen LogP contribution in [0.1, 0.15) is 15.9 Å². The number of benzene rings is 2. The average Bonchev–Trinajstić information content (AvgIpc) is 2.38. The Morgan fingerprint density at radius 3 is 2.59 bits per heavy atom. The van der Waals surface area contributed by atoms with E-state index in [0.717, 1.165) is 17.4 Å². The number of hydrogen-bond acceptors (Lipinski definition) is 2. The lowest BCUT2D eigenvalue weighted by Gasteiger charge is -2.11. The molecule has 2 aromatic rings. The summed E-state index contributed by atoms with van der Waals surface area (Å²) in [5.74, 6) is 0. The van der Waals surface area contributed by atoms with E-state index < -0.39 is 0 Å². The fourth-order valence-electron chi connectivity index (χ4n) is 1.83. The van der Waals surface area contributed by atoms with Gasteiger partial charge in [-0.2, -0.15) is 0 Å². The molecule has 0 bridgehead atoms. The highest BCUT2D eigenvalue weighted by molar-refractivity contribution is 6.33. The normalized spacial score (nSPS) is 10.2. The maximum atomic E-state index is 11.0. The maximum Gasteiger partial charge on any atom is 0.150 e. The lowest BCUT2D eigenvalue weighted by atomic mass is 9.96. The van der Waals surface area contributed by atoms with Crippen LogP contribution in [0.25, 0.3) is 11.1 Å². The molecule has 2 rings (SSSR count). The zero-order chi connectivity index (χ0) is 12.3. The topological polar surface area (TPSA) is 37.3 Å². The van der Waals surface area contributed by atoms with E-state index in [9.17, 15) is 9.90 Å². The van der Waals surface area contributed by atoms with Crippen LogP contribution >= 0.6 is 11.6 Å². The molecule has 17 heavy (non-hydrogen) atoms. The van der Waals surface area contributed by atoms with Gasteiger partial charge < -0.3 is 5.11 Å². The van der Waals surface area contributed by atoms with Crippen LogP contribution in [-0.2, 0) is 6.61 Å². The summed E-state index contributed by atoms with van der Waals surface area (Å²) in [4.78, 5) is 11.0. The van der Waals surface area contributed by atoms with Gasteiger partial charge in [-0.1, -0.05) is 48.0 Å². The van der Waals surface area contributed by atoms with Crippen molar-refractivity contribution in [1.29, 1.82) is 0 Å². The molecule has 0 saturated carbocycles. The van der Waals surface area contributed by atoms with Gasteiger partial charge in [-0.25, -0.2) is 0 Å². The Labute approximate surface area is 104 Å². The summed E-state index contributed by atoms with van der Waals surface area (Å²) in [5.41, 5.74) is 2.75. The molecule has 2 aromatic carbocycles. The number of aldehydes is 1. The molecular formula is C14H11ClO2. The summed E-state index contributed by atoms with van der Waals surface area (Å²) in [7, 11) is 0. The van der Waals surface area contributed by atoms with Crippen molar-refractivity contribution in [1.82, 2.24) is 0 Å². The second-order valence-electron chi connectivity index (χ2n) is 3.64. The van der Waals surface area contributed by atoms with Crippen molar-refractivity contribution in [3.8, 4) is 11.1 Å². The molecule has 0 aliphatic rings. The zero-order valence-electron chi connectivity index (χ0n) is 9.06. The fraction of sp³-hybridized carbons (Fsp3) is 0.0714. The average molecular weight is 247 g/mol. The molecule has 0 aliphatic heterocycles. The van der Waals surface area contributed by atoms with E-state index in [4.69, 9.17) is 11.6 Å². The van der Waals surface area contributed by atoms with Crippen LogP contribution in [0.4, 0.5) is 0 Å². The lowest BCUT2D eigenvalue weighted by Crippen LogP contribution is -1.94. The first-order valence-corrected chi connectivity index (χ1v) is 5.58. The van der Waals surface area contributed by atoms with Gasteiger partial charge in [0.2, 0.25) is 0 Å². The van der Waals surface area contributed by atoms with Crippen LogP contribution in [-0.4, -0.2) is 11.4 Å². The quantitative estimate of drug-likeness (QED) is 0.844. The number of carbonyl (C=O) groups excluding carboxylic acids is 1.